The number of benzene rings is 1. The Kier molecular flexibility index (Phi) is 5.46. The summed E-state index contributed by atoms with van der Waals surface area (Å²) in [7, 11) is -3.40. The zero-order valence-electron chi connectivity index (χ0n) is 16.6. The summed E-state index contributed by atoms with van der Waals surface area (Å²) in [4.78, 5) is 34.8. The third kappa shape index (κ3) is 4.01. The van der Waals surface area contributed by atoms with Gasteiger partial charge in [-0.15, -0.1) is 0 Å². The highest BCUT2D eigenvalue weighted by Crippen LogP contribution is 2.31. The average molecular weight is 434 g/mol. The van der Waals surface area contributed by atoms with Gasteiger partial charge in [0.25, 0.3) is 11.5 Å². The lowest BCUT2D eigenvalue weighted by molar-refractivity contribution is 0.0598. The Morgan fingerprint density at radius 3 is 2.80 bits per heavy atom. The van der Waals surface area contributed by atoms with Gasteiger partial charge in [-0.25, -0.2) is 17.8 Å². The van der Waals surface area contributed by atoms with E-state index in [9.17, 15) is 22.4 Å². The van der Waals surface area contributed by atoms with Crippen LogP contribution in [0.5, 0.6) is 0 Å². The van der Waals surface area contributed by atoms with E-state index in [1.807, 2.05) is 0 Å². The largest absolute Gasteiger partial charge is 0.328 e. The van der Waals surface area contributed by atoms with Crippen molar-refractivity contribution in [1.82, 2.24) is 19.2 Å². The Balaban J connectivity index is 1.66. The highest BCUT2D eigenvalue weighted by Gasteiger charge is 2.33. The van der Waals surface area contributed by atoms with Gasteiger partial charge in [-0.1, -0.05) is 6.07 Å². The van der Waals surface area contributed by atoms with Crippen LogP contribution in [0.15, 0.2) is 29.1 Å². The molecule has 1 saturated heterocycles. The number of piperidine rings is 1. The summed E-state index contributed by atoms with van der Waals surface area (Å²) in [5, 5.41) is 0. The van der Waals surface area contributed by atoms with Crippen molar-refractivity contribution in [3.8, 4) is 0 Å². The molecule has 1 amide bonds. The minimum Gasteiger partial charge on any atom is -0.328 e. The number of fused-ring (bicyclic) bond motifs is 1. The van der Waals surface area contributed by atoms with Crippen LogP contribution in [0.4, 0.5) is 4.39 Å². The van der Waals surface area contributed by atoms with E-state index in [1.54, 1.807) is 11.0 Å². The summed E-state index contributed by atoms with van der Waals surface area (Å²) >= 11 is 0. The molecule has 8 nitrogen and oxygen atoms in total. The van der Waals surface area contributed by atoms with Crippen LogP contribution in [0.1, 0.15) is 52.7 Å². The lowest BCUT2D eigenvalue weighted by atomic mass is 9.99. The topological polar surface area (TPSA) is 103 Å². The molecule has 2 aliphatic heterocycles. The Morgan fingerprint density at radius 1 is 1.27 bits per heavy atom. The number of halogens is 1. The summed E-state index contributed by atoms with van der Waals surface area (Å²) in [6.07, 6.45) is 3.78. The third-order valence-electron chi connectivity index (χ3n) is 5.67. The second-order valence-electron chi connectivity index (χ2n) is 7.74. The molecular formula is C20H23FN4O4S. The van der Waals surface area contributed by atoms with E-state index in [2.05, 4.69) is 9.97 Å². The monoisotopic (exact) mass is 434 g/mol. The minimum atomic E-state index is -3.40. The molecule has 3 heterocycles. The predicted molar refractivity (Wildman–Crippen MR) is 108 cm³/mol. The van der Waals surface area contributed by atoms with Gasteiger partial charge in [0.2, 0.25) is 10.0 Å². The van der Waals surface area contributed by atoms with Gasteiger partial charge in [-0.3, -0.25) is 9.59 Å². The van der Waals surface area contributed by atoms with Gasteiger partial charge in [0, 0.05) is 31.6 Å². The molecular weight excluding hydrogens is 411 g/mol. The smallest absolute Gasteiger partial charge is 0.255 e. The Labute approximate surface area is 173 Å². The highest BCUT2D eigenvalue weighted by molar-refractivity contribution is 7.88. The number of H-pyrrole nitrogens is 1. The number of sulfonamides is 1. The van der Waals surface area contributed by atoms with Crippen LogP contribution in [-0.2, 0) is 23.0 Å². The van der Waals surface area contributed by atoms with Crippen LogP contribution in [0.2, 0.25) is 0 Å². The number of aromatic amines is 1. The van der Waals surface area contributed by atoms with E-state index in [0.717, 1.165) is 19.1 Å². The first kappa shape index (κ1) is 20.7. The quantitative estimate of drug-likeness (QED) is 0.790. The lowest BCUT2D eigenvalue weighted by Gasteiger charge is -2.35. The summed E-state index contributed by atoms with van der Waals surface area (Å²) in [6, 6.07) is 5.14. The zero-order valence-corrected chi connectivity index (χ0v) is 17.4. The van der Waals surface area contributed by atoms with Crippen LogP contribution >= 0.6 is 0 Å². The summed E-state index contributed by atoms with van der Waals surface area (Å²) in [5.74, 6) is -0.385. The van der Waals surface area contributed by atoms with Crippen LogP contribution in [0, 0.1) is 5.82 Å². The van der Waals surface area contributed by atoms with Crippen molar-refractivity contribution < 1.29 is 17.6 Å². The fraction of sp³-hybridized carbons (Fsp3) is 0.450. The lowest BCUT2D eigenvalue weighted by Crippen LogP contribution is -2.42. The van der Waals surface area contributed by atoms with Crippen LogP contribution < -0.4 is 5.56 Å². The average Bonchev–Trinajstić information content (AvgIpc) is 2.72. The number of likely N-dealkylation sites (tertiary alicyclic amines) is 1. The fourth-order valence-electron chi connectivity index (χ4n) is 4.11. The van der Waals surface area contributed by atoms with Crippen LogP contribution in [0.3, 0.4) is 0 Å². The molecule has 0 aliphatic carbocycles. The number of aromatic nitrogens is 2. The van der Waals surface area contributed by atoms with Crippen molar-refractivity contribution in [2.45, 2.75) is 38.3 Å². The maximum absolute atomic E-state index is 13.6. The number of nitrogens with one attached hydrogen (secondary N) is 1. The second-order valence-corrected chi connectivity index (χ2v) is 9.73. The highest BCUT2D eigenvalue weighted by atomic mass is 32.2. The summed E-state index contributed by atoms with van der Waals surface area (Å²) < 4.78 is 38.5. The first-order chi connectivity index (χ1) is 14.2. The van der Waals surface area contributed by atoms with Crippen molar-refractivity contribution in [3.05, 3.63) is 63.1 Å². The van der Waals surface area contributed by atoms with Crippen LogP contribution in [-0.4, -0.2) is 52.8 Å². The first-order valence-electron chi connectivity index (χ1n) is 9.87. The van der Waals surface area contributed by atoms with Gasteiger partial charge in [0.15, 0.2) is 0 Å². The molecule has 0 bridgehead atoms. The van der Waals surface area contributed by atoms with E-state index in [0.29, 0.717) is 36.5 Å². The van der Waals surface area contributed by atoms with Gasteiger partial charge in [0.05, 0.1) is 23.6 Å². The molecule has 0 spiro atoms. The third-order valence-corrected chi connectivity index (χ3v) is 6.92. The fourth-order valence-corrected chi connectivity index (χ4v) is 4.89. The second kappa shape index (κ2) is 7.92. The van der Waals surface area contributed by atoms with Gasteiger partial charge < -0.3 is 9.88 Å². The molecule has 160 valence electrons. The molecule has 4 rings (SSSR count). The maximum atomic E-state index is 13.6. The van der Waals surface area contributed by atoms with E-state index in [-0.39, 0.29) is 30.1 Å². The number of nitrogens with zero attached hydrogens (tertiary/aromatic N) is 3. The normalized spacial score (nSPS) is 20.1. The first-order valence-corrected chi connectivity index (χ1v) is 11.7. The molecule has 1 aromatic carbocycles. The summed E-state index contributed by atoms with van der Waals surface area (Å²) in [6.45, 7) is 0.744. The number of carbonyl (C=O) groups excluding carboxylic acids is 1. The Bertz CT molecular complexity index is 1150. The standard InChI is InChI=1S/C20H23FN4O4S/c1-30(28,29)24-10-8-16-15(12-24)19(26)23-18(22-16)17-7-2-3-9-25(17)20(27)13-5-4-6-14(21)11-13/h4-6,11,17H,2-3,7-10,12H2,1H3,(H,22,23,26). The number of rotatable bonds is 3. The molecule has 1 N–H and O–H groups in total. The molecule has 30 heavy (non-hydrogen) atoms. The van der Waals surface area contributed by atoms with E-state index >= 15 is 0 Å². The van der Waals surface area contributed by atoms with Crippen molar-refractivity contribution in [2.24, 2.45) is 0 Å². The SMILES string of the molecule is CS(=O)(=O)N1CCc2nc(C3CCCCN3C(=O)c3cccc(F)c3)[nH]c(=O)c2C1. The van der Waals surface area contributed by atoms with Gasteiger partial charge in [-0.05, 0) is 37.5 Å². The zero-order chi connectivity index (χ0) is 21.5. The molecule has 10 heteroatoms. The molecule has 1 atom stereocenters. The predicted octanol–water partition coefficient (Wildman–Crippen LogP) is 1.59. The Morgan fingerprint density at radius 2 is 2.07 bits per heavy atom. The maximum Gasteiger partial charge on any atom is 0.255 e. The van der Waals surface area contributed by atoms with Crippen molar-refractivity contribution in [2.75, 3.05) is 19.3 Å². The van der Waals surface area contributed by atoms with E-state index in [4.69, 9.17) is 0 Å². The van der Waals surface area contributed by atoms with Crippen molar-refractivity contribution >= 4 is 15.9 Å². The van der Waals surface area contributed by atoms with Gasteiger partial charge in [0.1, 0.15) is 11.6 Å². The number of hydrogen-bond acceptors (Lipinski definition) is 5. The molecule has 1 fully saturated rings. The molecule has 0 saturated carbocycles. The molecule has 0 radical (unpaired) electrons. The molecule has 2 aromatic rings. The van der Waals surface area contributed by atoms with Gasteiger partial charge in [-0.2, -0.15) is 4.31 Å². The van der Waals surface area contributed by atoms with E-state index in [1.165, 1.54) is 22.5 Å². The number of hydrogen-bond donors (Lipinski definition) is 1. The number of amides is 1. The molecule has 1 aromatic heterocycles. The van der Waals surface area contributed by atoms with Crippen LogP contribution in [0.25, 0.3) is 0 Å². The Hall–Kier alpha value is -2.59. The molecule has 1 unspecified atom stereocenters. The van der Waals surface area contributed by atoms with Crippen molar-refractivity contribution in [1.29, 1.82) is 0 Å². The summed E-state index contributed by atoms with van der Waals surface area (Å²) in [5.41, 5.74) is 0.782. The van der Waals surface area contributed by atoms with E-state index < -0.39 is 21.9 Å². The van der Waals surface area contributed by atoms with Crippen molar-refractivity contribution in [3.63, 3.8) is 0 Å². The molecule has 2 aliphatic rings. The van der Waals surface area contributed by atoms with Gasteiger partial charge >= 0.3 is 0 Å². The number of carbonyl (C=O) groups is 1. The minimum absolute atomic E-state index is 0.00656.